The Morgan fingerprint density at radius 1 is 1.16 bits per heavy atom. The summed E-state index contributed by atoms with van der Waals surface area (Å²) in [5.74, 6) is 5.52. The number of nitrogens with one attached hydrogen (secondary N) is 2. The molecule has 0 spiro atoms. The molecule has 0 aliphatic carbocycles. The predicted molar refractivity (Wildman–Crippen MR) is 95.4 cm³/mol. The van der Waals surface area contributed by atoms with Crippen LogP contribution in [0.5, 0.6) is 0 Å². The number of hydrogen-bond donors (Lipinski definition) is 3. The van der Waals surface area contributed by atoms with Crippen molar-refractivity contribution in [3.8, 4) is 22.6 Å². The van der Waals surface area contributed by atoms with E-state index in [0.717, 1.165) is 22.0 Å². The summed E-state index contributed by atoms with van der Waals surface area (Å²) in [5.41, 5.74) is 5.70. The molecule has 25 heavy (non-hydrogen) atoms. The zero-order valence-corrected chi connectivity index (χ0v) is 13.5. The van der Waals surface area contributed by atoms with Crippen molar-refractivity contribution in [2.75, 3.05) is 0 Å². The minimum atomic E-state index is -0.421. The van der Waals surface area contributed by atoms with E-state index in [4.69, 9.17) is 5.84 Å². The number of aromatic amines is 1. The average Bonchev–Trinajstić information content (AvgIpc) is 3.26. The number of fused-ring (bicyclic) bond motifs is 1. The van der Waals surface area contributed by atoms with Crippen molar-refractivity contribution in [3.05, 3.63) is 60.4 Å². The predicted octanol–water partition coefficient (Wildman–Crippen LogP) is 2.23. The van der Waals surface area contributed by atoms with E-state index in [1.165, 1.54) is 0 Å². The SMILES string of the molecule is Cn1ncc2ccc(-c3nc(-c4ccccc4)[nH]c3C(=O)NN)cc21. The highest BCUT2D eigenvalue weighted by molar-refractivity contribution is 5.99. The van der Waals surface area contributed by atoms with Crippen LogP contribution in [0.25, 0.3) is 33.5 Å². The summed E-state index contributed by atoms with van der Waals surface area (Å²) in [6.45, 7) is 0. The van der Waals surface area contributed by atoms with Gasteiger partial charge in [0.15, 0.2) is 0 Å². The van der Waals surface area contributed by atoms with Crippen LogP contribution < -0.4 is 11.3 Å². The second-order valence-electron chi connectivity index (χ2n) is 5.69. The highest BCUT2D eigenvalue weighted by Gasteiger charge is 2.19. The standard InChI is InChI=1S/C18H16N6O/c1-24-14-9-12(7-8-13(14)10-20-24)15-16(18(25)23-19)22-17(21-15)11-5-3-2-4-6-11/h2-10H,19H2,1H3,(H,21,22)(H,23,25). The smallest absolute Gasteiger partial charge is 0.283 e. The first-order valence-electron chi connectivity index (χ1n) is 7.76. The first-order chi connectivity index (χ1) is 12.2. The van der Waals surface area contributed by atoms with E-state index in [1.807, 2.05) is 55.6 Å². The fourth-order valence-electron chi connectivity index (χ4n) is 2.84. The van der Waals surface area contributed by atoms with Gasteiger partial charge in [0, 0.05) is 23.6 Å². The number of nitrogen functional groups attached to an aromatic ring is 1. The van der Waals surface area contributed by atoms with Gasteiger partial charge in [-0.05, 0) is 6.07 Å². The molecule has 4 rings (SSSR count). The van der Waals surface area contributed by atoms with Crippen LogP contribution in [0.3, 0.4) is 0 Å². The molecule has 2 aromatic heterocycles. The molecule has 2 heterocycles. The lowest BCUT2D eigenvalue weighted by Crippen LogP contribution is -2.30. The number of carbonyl (C=O) groups is 1. The van der Waals surface area contributed by atoms with Gasteiger partial charge >= 0.3 is 0 Å². The molecule has 0 aliphatic rings. The number of aryl methyl sites for hydroxylation is 1. The van der Waals surface area contributed by atoms with Gasteiger partial charge in [-0.2, -0.15) is 5.10 Å². The molecule has 7 heteroatoms. The number of nitrogens with zero attached hydrogens (tertiary/aromatic N) is 3. The Bertz CT molecular complexity index is 1060. The molecule has 0 bridgehead atoms. The summed E-state index contributed by atoms with van der Waals surface area (Å²) < 4.78 is 1.78. The maximum absolute atomic E-state index is 12.2. The zero-order valence-electron chi connectivity index (χ0n) is 13.5. The molecule has 0 saturated carbocycles. The number of rotatable bonds is 3. The normalized spacial score (nSPS) is 11.0. The fourth-order valence-corrected chi connectivity index (χ4v) is 2.84. The van der Waals surface area contributed by atoms with Crippen LogP contribution in [0.1, 0.15) is 10.5 Å². The number of carbonyl (C=O) groups excluding carboxylic acids is 1. The van der Waals surface area contributed by atoms with Gasteiger partial charge in [-0.15, -0.1) is 0 Å². The quantitative estimate of drug-likeness (QED) is 0.304. The van der Waals surface area contributed by atoms with Crippen molar-refractivity contribution in [2.45, 2.75) is 0 Å². The van der Waals surface area contributed by atoms with Crippen molar-refractivity contribution < 1.29 is 4.79 Å². The molecule has 0 aliphatic heterocycles. The van der Waals surface area contributed by atoms with E-state index < -0.39 is 5.91 Å². The second-order valence-corrected chi connectivity index (χ2v) is 5.69. The minimum absolute atomic E-state index is 0.322. The van der Waals surface area contributed by atoms with Crippen LogP contribution in [0, 0.1) is 0 Å². The van der Waals surface area contributed by atoms with Crippen molar-refractivity contribution in [1.29, 1.82) is 0 Å². The van der Waals surface area contributed by atoms with E-state index in [1.54, 1.807) is 10.9 Å². The van der Waals surface area contributed by atoms with E-state index in [2.05, 4.69) is 20.5 Å². The third-order valence-electron chi connectivity index (χ3n) is 4.13. The number of amides is 1. The van der Waals surface area contributed by atoms with Crippen LogP contribution in [-0.2, 0) is 7.05 Å². The molecule has 0 atom stereocenters. The molecular formula is C18H16N6O. The molecule has 124 valence electrons. The Labute approximate surface area is 143 Å². The maximum atomic E-state index is 12.2. The summed E-state index contributed by atoms with van der Waals surface area (Å²) in [5, 5.41) is 5.27. The number of hydrazine groups is 1. The van der Waals surface area contributed by atoms with Crippen molar-refractivity contribution >= 4 is 16.8 Å². The lowest BCUT2D eigenvalue weighted by Gasteiger charge is -2.02. The summed E-state index contributed by atoms with van der Waals surface area (Å²) in [7, 11) is 1.87. The summed E-state index contributed by atoms with van der Waals surface area (Å²) in [6.07, 6.45) is 1.80. The number of nitrogens with two attached hydrogens (primary N) is 1. The van der Waals surface area contributed by atoms with Gasteiger partial charge in [-0.1, -0.05) is 42.5 Å². The maximum Gasteiger partial charge on any atom is 0.283 e. The van der Waals surface area contributed by atoms with Crippen molar-refractivity contribution in [1.82, 2.24) is 25.2 Å². The van der Waals surface area contributed by atoms with Gasteiger partial charge in [0.2, 0.25) is 0 Å². The van der Waals surface area contributed by atoms with E-state index in [-0.39, 0.29) is 0 Å². The molecule has 0 unspecified atom stereocenters. The molecule has 1 amide bonds. The first-order valence-corrected chi connectivity index (χ1v) is 7.76. The van der Waals surface area contributed by atoms with Crippen LogP contribution in [0.4, 0.5) is 0 Å². The number of benzene rings is 2. The average molecular weight is 332 g/mol. The third kappa shape index (κ3) is 2.56. The van der Waals surface area contributed by atoms with Crippen molar-refractivity contribution in [2.24, 2.45) is 12.9 Å². The third-order valence-corrected chi connectivity index (χ3v) is 4.13. The molecule has 4 N–H and O–H groups in total. The minimum Gasteiger partial charge on any atom is -0.333 e. The molecule has 0 radical (unpaired) electrons. The first kappa shape index (κ1) is 15.1. The summed E-state index contributed by atoms with van der Waals surface area (Å²) in [4.78, 5) is 19.9. The van der Waals surface area contributed by atoms with Crippen molar-refractivity contribution in [3.63, 3.8) is 0 Å². The van der Waals surface area contributed by atoms with Crippen LogP contribution in [0.2, 0.25) is 0 Å². The molecular weight excluding hydrogens is 316 g/mol. The van der Waals surface area contributed by atoms with Gasteiger partial charge in [-0.25, -0.2) is 10.8 Å². The fraction of sp³-hybridized carbons (Fsp3) is 0.0556. The Kier molecular flexibility index (Phi) is 3.55. The Morgan fingerprint density at radius 2 is 1.96 bits per heavy atom. The van der Waals surface area contributed by atoms with Crippen LogP contribution in [0.15, 0.2) is 54.7 Å². The number of hydrogen-bond acceptors (Lipinski definition) is 4. The number of H-pyrrole nitrogens is 1. The van der Waals surface area contributed by atoms with Gasteiger partial charge in [0.1, 0.15) is 17.2 Å². The highest BCUT2D eigenvalue weighted by Crippen LogP contribution is 2.28. The largest absolute Gasteiger partial charge is 0.333 e. The molecule has 0 saturated heterocycles. The lowest BCUT2D eigenvalue weighted by molar-refractivity contribution is 0.0950. The summed E-state index contributed by atoms with van der Waals surface area (Å²) >= 11 is 0. The molecule has 0 fully saturated rings. The number of imidazole rings is 1. The summed E-state index contributed by atoms with van der Waals surface area (Å²) in [6, 6.07) is 15.5. The van der Waals surface area contributed by atoms with Crippen LogP contribution >= 0.6 is 0 Å². The molecule has 2 aromatic carbocycles. The monoisotopic (exact) mass is 332 g/mol. The molecule has 4 aromatic rings. The Balaban J connectivity index is 1.90. The highest BCUT2D eigenvalue weighted by atomic mass is 16.2. The Hall–Kier alpha value is -3.45. The van der Waals surface area contributed by atoms with E-state index in [0.29, 0.717) is 17.2 Å². The lowest BCUT2D eigenvalue weighted by atomic mass is 10.1. The van der Waals surface area contributed by atoms with Gasteiger partial charge in [0.25, 0.3) is 5.91 Å². The molecule has 7 nitrogen and oxygen atoms in total. The topological polar surface area (TPSA) is 102 Å². The van der Waals surface area contributed by atoms with E-state index in [9.17, 15) is 4.79 Å². The van der Waals surface area contributed by atoms with Gasteiger partial charge in [0.05, 0.1) is 11.7 Å². The Morgan fingerprint density at radius 3 is 2.72 bits per heavy atom. The number of aromatic nitrogens is 4. The zero-order chi connectivity index (χ0) is 17.4. The second kappa shape index (κ2) is 5.88. The van der Waals surface area contributed by atoms with Gasteiger partial charge in [-0.3, -0.25) is 14.9 Å². The van der Waals surface area contributed by atoms with Crippen LogP contribution in [-0.4, -0.2) is 25.7 Å². The van der Waals surface area contributed by atoms with Gasteiger partial charge < -0.3 is 4.98 Å². The van der Waals surface area contributed by atoms with E-state index >= 15 is 0 Å².